The van der Waals surface area contributed by atoms with Crippen molar-refractivity contribution in [3.05, 3.63) is 33.3 Å². The maximum atomic E-state index is 12.5. The summed E-state index contributed by atoms with van der Waals surface area (Å²) >= 11 is 5.71. The molecule has 0 N–H and O–H groups in total. The van der Waals surface area contributed by atoms with E-state index in [-0.39, 0.29) is 15.4 Å². The van der Waals surface area contributed by atoms with Gasteiger partial charge in [0.25, 0.3) is 0 Å². The summed E-state index contributed by atoms with van der Waals surface area (Å²) in [5.74, 6) is 0. The number of hydrogen-bond acceptors (Lipinski definition) is 0. The molecular weight excluding hydrogens is 382 g/mol. The van der Waals surface area contributed by atoms with Crippen LogP contribution in [0.15, 0.2) is 16.6 Å². The van der Waals surface area contributed by atoms with Gasteiger partial charge in [0.05, 0.1) is 11.1 Å². The van der Waals surface area contributed by atoms with Crippen LogP contribution < -0.4 is 0 Å². The first kappa shape index (κ1) is 14.8. The van der Waals surface area contributed by atoms with Crippen molar-refractivity contribution in [2.75, 3.05) is 0 Å². The molecule has 0 nitrogen and oxygen atoms in total. The Hall–Kier alpha value is -0.240. The molecule has 0 aliphatic heterocycles. The van der Waals surface area contributed by atoms with E-state index >= 15 is 0 Å². The minimum atomic E-state index is -5.04. The first-order valence-electron chi connectivity index (χ1n) is 4.10. The Bertz CT molecular complexity index is 421. The lowest BCUT2D eigenvalue weighted by molar-refractivity contribution is -0.162. The second kappa shape index (κ2) is 4.79. The molecular formula is C9H4Br2F6. The SMILES string of the molecule is FC(F)(F)c1cc(Br)c(CBr)cc1C(F)(F)F. The molecule has 0 aliphatic carbocycles. The molecule has 0 atom stereocenters. The van der Waals surface area contributed by atoms with E-state index in [0.29, 0.717) is 12.1 Å². The highest BCUT2D eigenvalue weighted by Crippen LogP contribution is 2.42. The summed E-state index contributed by atoms with van der Waals surface area (Å²) in [7, 11) is 0. The summed E-state index contributed by atoms with van der Waals surface area (Å²) in [6.07, 6.45) is -10.1. The molecule has 0 bridgehead atoms. The molecule has 0 fully saturated rings. The van der Waals surface area contributed by atoms with Crippen LogP contribution in [0.25, 0.3) is 0 Å². The van der Waals surface area contributed by atoms with Gasteiger partial charge >= 0.3 is 12.4 Å². The molecule has 0 saturated carbocycles. The molecule has 0 unspecified atom stereocenters. The number of halogens is 8. The van der Waals surface area contributed by atoms with Crippen molar-refractivity contribution in [2.24, 2.45) is 0 Å². The van der Waals surface area contributed by atoms with Gasteiger partial charge in [-0.1, -0.05) is 31.9 Å². The molecule has 8 heteroatoms. The topological polar surface area (TPSA) is 0 Å². The molecule has 17 heavy (non-hydrogen) atoms. The van der Waals surface area contributed by atoms with Crippen LogP contribution in [0, 0.1) is 0 Å². The van der Waals surface area contributed by atoms with E-state index in [0.717, 1.165) is 0 Å². The monoisotopic (exact) mass is 384 g/mol. The van der Waals surface area contributed by atoms with Gasteiger partial charge in [-0.05, 0) is 17.7 Å². The van der Waals surface area contributed by atoms with Crippen LogP contribution in [-0.4, -0.2) is 0 Å². The average Bonchev–Trinajstić information content (AvgIpc) is 2.14. The van der Waals surface area contributed by atoms with Crippen molar-refractivity contribution in [3.8, 4) is 0 Å². The summed E-state index contributed by atoms with van der Waals surface area (Å²) in [6.45, 7) is 0. The van der Waals surface area contributed by atoms with Crippen molar-refractivity contribution >= 4 is 31.9 Å². The van der Waals surface area contributed by atoms with Gasteiger partial charge in [0.1, 0.15) is 0 Å². The van der Waals surface area contributed by atoms with Crippen LogP contribution in [0.3, 0.4) is 0 Å². The van der Waals surface area contributed by atoms with Gasteiger partial charge in [0.15, 0.2) is 0 Å². The van der Waals surface area contributed by atoms with Crippen molar-refractivity contribution in [1.29, 1.82) is 0 Å². The van der Waals surface area contributed by atoms with Gasteiger partial charge in [-0.3, -0.25) is 0 Å². The number of rotatable bonds is 1. The van der Waals surface area contributed by atoms with Gasteiger partial charge in [0, 0.05) is 9.80 Å². The number of alkyl halides is 7. The van der Waals surface area contributed by atoms with Gasteiger partial charge in [-0.15, -0.1) is 0 Å². The first-order chi connectivity index (χ1) is 7.57. The minimum Gasteiger partial charge on any atom is -0.166 e. The predicted octanol–water partition coefficient (Wildman–Crippen LogP) is 5.38. The fourth-order valence-electron chi connectivity index (χ4n) is 1.19. The molecule has 0 heterocycles. The Kier molecular flexibility index (Phi) is 4.18. The lowest BCUT2D eigenvalue weighted by Gasteiger charge is -2.17. The molecule has 0 saturated heterocycles. The van der Waals surface area contributed by atoms with Crippen LogP contribution in [0.1, 0.15) is 16.7 Å². The fraction of sp³-hybridized carbons (Fsp3) is 0.333. The zero-order valence-electron chi connectivity index (χ0n) is 7.89. The zero-order chi connectivity index (χ0) is 13.4. The smallest absolute Gasteiger partial charge is 0.166 e. The van der Waals surface area contributed by atoms with Crippen LogP contribution in [-0.2, 0) is 17.7 Å². The third kappa shape index (κ3) is 3.37. The van der Waals surface area contributed by atoms with E-state index in [2.05, 4.69) is 31.9 Å². The normalized spacial score (nSPS) is 12.9. The van der Waals surface area contributed by atoms with Gasteiger partial charge in [-0.25, -0.2) is 0 Å². The summed E-state index contributed by atoms with van der Waals surface area (Å²) in [4.78, 5) is 0. The van der Waals surface area contributed by atoms with E-state index in [1.807, 2.05) is 0 Å². The minimum absolute atomic E-state index is 0.0188. The van der Waals surface area contributed by atoms with Crippen LogP contribution in [0.2, 0.25) is 0 Å². The fourth-order valence-corrected chi connectivity index (χ4v) is 2.51. The molecule has 0 aliphatic rings. The molecule has 0 spiro atoms. The van der Waals surface area contributed by atoms with E-state index in [1.165, 1.54) is 0 Å². The summed E-state index contributed by atoms with van der Waals surface area (Å²) in [5.41, 5.74) is -3.27. The molecule has 1 aromatic carbocycles. The van der Waals surface area contributed by atoms with Crippen molar-refractivity contribution in [2.45, 2.75) is 17.7 Å². The zero-order valence-corrected chi connectivity index (χ0v) is 11.1. The van der Waals surface area contributed by atoms with Crippen LogP contribution >= 0.6 is 31.9 Å². The van der Waals surface area contributed by atoms with E-state index in [9.17, 15) is 26.3 Å². The van der Waals surface area contributed by atoms with E-state index in [1.54, 1.807) is 0 Å². The maximum Gasteiger partial charge on any atom is 0.417 e. The predicted molar refractivity (Wildman–Crippen MR) is 56.8 cm³/mol. The van der Waals surface area contributed by atoms with Crippen molar-refractivity contribution < 1.29 is 26.3 Å². The molecule has 1 aromatic rings. The van der Waals surface area contributed by atoms with Gasteiger partial charge in [-0.2, -0.15) is 26.3 Å². The summed E-state index contributed by atoms with van der Waals surface area (Å²) in [5, 5.41) is 0.0226. The lowest BCUT2D eigenvalue weighted by atomic mass is 10.0. The Morgan fingerprint density at radius 1 is 0.882 bits per heavy atom. The Morgan fingerprint density at radius 2 is 1.29 bits per heavy atom. The Morgan fingerprint density at radius 3 is 1.65 bits per heavy atom. The highest BCUT2D eigenvalue weighted by Gasteiger charge is 2.43. The summed E-state index contributed by atoms with van der Waals surface area (Å²) in [6, 6.07) is 0.932. The average molecular weight is 386 g/mol. The molecule has 0 aromatic heterocycles. The van der Waals surface area contributed by atoms with Gasteiger partial charge in [0.2, 0.25) is 0 Å². The van der Waals surface area contributed by atoms with Gasteiger partial charge < -0.3 is 0 Å². The maximum absolute atomic E-state index is 12.5. The van der Waals surface area contributed by atoms with Crippen LogP contribution in [0.5, 0.6) is 0 Å². The van der Waals surface area contributed by atoms with E-state index in [4.69, 9.17) is 0 Å². The first-order valence-corrected chi connectivity index (χ1v) is 6.01. The second-order valence-electron chi connectivity index (χ2n) is 3.12. The standard InChI is InChI=1S/C9H4Br2F6/c10-3-4-1-5(8(12,13)14)6(2-7(4)11)9(15,16)17/h1-2H,3H2. The Balaban J connectivity index is 3.54. The van der Waals surface area contributed by atoms with Crippen LogP contribution in [0.4, 0.5) is 26.3 Å². The number of hydrogen-bond donors (Lipinski definition) is 0. The third-order valence-electron chi connectivity index (χ3n) is 1.94. The quantitative estimate of drug-likeness (QED) is 0.449. The lowest BCUT2D eigenvalue weighted by Crippen LogP contribution is -2.17. The van der Waals surface area contributed by atoms with E-state index < -0.39 is 23.5 Å². The largest absolute Gasteiger partial charge is 0.417 e. The van der Waals surface area contributed by atoms with Crippen molar-refractivity contribution in [1.82, 2.24) is 0 Å². The molecule has 0 amide bonds. The summed E-state index contributed by atoms with van der Waals surface area (Å²) < 4.78 is 74.9. The molecule has 1 rings (SSSR count). The van der Waals surface area contributed by atoms with Crippen molar-refractivity contribution in [3.63, 3.8) is 0 Å². The molecule has 96 valence electrons. The highest BCUT2D eigenvalue weighted by molar-refractivity contribution is 9.10. The number of benzene rings is 1. The molecule has 0 radical (unpaired) electrons. The second-order valence-corrected chi connectivity index (χ2v) is 4.53. The highest BCUT2D eigenvalue weighted by atomic mass is 79.9. The third-order valence-corrected chi connectivity index (χ3v) is 3.28. The Labute approximate surface area is 109 Å².